The third kappa shape index (κ3) is 103. The van der Waals surface area contributed by atoms with Crippen molar-refractivity contribution in [2.75, 3.05) is 0 Å². The van der Waals surface area contributed by atoms with Crippen LogP contribution in [-0.4, -0.2) is 6.21 Å². The zero-order valence-corrected chi connectivity index (χ0v) is 8.91. The Morgan fingerprint density at radius 1 is 1.00 bits per heavy atom. The molecule has 0 unspecified atom stereocenters. The molecule has 1 N–H and O–H groups in total. The molecule has 0 bridgehead atoms. The van der Waals surface area contributed by atoms with E-state index in [2.05, 4.69) is 0 Å². The predicted molar refractivity (Wildman–Crippen MR) is 55.3 cm³/mol. The van der Waals surface area contributed by atoms with Crippen molar-refractivity contribution in [2.45, 2.75) is 13.3 Å². The van der Waals surface area contributed by atoms with Gasteiger partial charge in [0.2, 0.25) is 0 Å². The average Bonchev–Trinajstić information content (AvgIpc) is 1.37. The van der Waals surface area contributed by atoms with Crippen molar-refractivity contribution in [1.82, 2.24) is 0 Å². The van der Waals surface area contributed by atoms with Crippen molar-refractivity contribution in [2.24, 2.45) is 0 Å². The molecule has 0 heterocycles. The van der Waals surface area contributed by atoms with Crippen LogP contribution in [0.3, 0.4) is 0 Å². The molecular formula is C3H12Cl5N. The molecule has 0 rings (SSSR count). The molecule has 9 heavy (non-hydrogen) atoms. The molecule has 0 aliphatic heterocycles. The SMILES string of the molecule is CCC=N.Cl.Cl.Cl.Cl.Cl. The monoisotopic (exact) mass is 237 g/mol. The van der Waals surface area contributed by atoms with E-state index in [-0.39, 0.29) is 62.0 Å². The van der Waals surface area contributed by atoms with Gasteiger partial charge in [-0.05, 0) is 12.6 Å². The molecule has 0 fully saturated rings. The van der Waals surface area contributed by atoms with Crippen LogP contribution in [0.5, 0.6) is 0 Å². The summed E-state index contributed by atoms with van der Waals surface area (Å²) in [5, 5.41) is 6.33. The molecule has 0 saturated carbocycles. The van der Waals surface area contributed by atoms with E-state index in [0.717, 1.165) is 6.42 Å². The Kier molecular flexibility index (Phi) is 340. The largest absolute Gasteiger partial charge is 0.313 e. The molecule has 1 nitrogen and oxygen atoms in total. The molecule has 0 aliphatic carbocycles. The summed E-state index contributed by atoms with van der Waals surface area (Å²) >= 11 is 0. The van der Waals surface area contributed by atoms with Crippen LogP contribution in [-0.2, 0) is 0 Å². The normalized spacial score (nSPS) is 2.78. The van der Waals surface area contributed by atoms with E-state index in [0.29, 0.717) is 0 Å². The van der Waals surface area contributed by atoms with Crippen molar-refractivity contribution < 1.29 is 0 Å². The van der Waals surface area contributed by atoms with Gasteiger partial charge in [0.25, 0.3) is 0 Å². The first-order chi connectivity index (χ1) is 1.91. The molecule has 6 heteroatoms. The smallest absolute Gasteiger partial charge is 0.00505 e. The summed E-state index contributed by atoms with van der Waals surface area (Å²) in [4.78, 5) is 0. The maximum absolute atomic E-state index is 6.33. The van der Waals surface area contributed by atoms with E-state index in [9.17, 15) is 0 Å². The Morgan fingerprint density at radius 3 is 1.11 bits per heavy atom. The highest BCUT2D eigenvalue weighted by molar-refractivity contribution is 5.86. The fraction of sp³-hybridized carbons (Fsp3) is 0.667. The minimum atomic E-state index is 0. The molecule has 64 valence electrons. The zero-order valence-electron chi connectivity index (χ0n) is 4.83. The lowest BCUT2D eigenvalue weighted by Crippen LogP contribution is -1.52. The molecule has 0 aliphatic rings. The first kappa shape index (κ1) is 49.6. The maximum Gasteiger partial charge on any atom is -0.00505 e. The second kappa shape index (κ2) is 61.8. The highest BCUT2D eigenvalue weighted by Gasteiger charge is 1.47. The molecule has 0 aromatic heterocycles. The minimum Gasteiger partial charge on any atom is -0.313 e. The van der Waals surface area contributed by atoms with E-state index >= 15 is 0 Å². The Balaban J connectivity index is -0.00000000450. The topological polar surface area (TPSA) is 23.9 Å². The van der Waals surface area contributed by atoms with Gasteiger partial charge in [0.15, 0.2) is 0 Å². The highest BCUT2D eigenvalue weighted by Crippen LogP contribution is 1.54. The van der Waals surface area contributed by atoms with Gasteiger partial charge in [-0.15, -0.1) is 62.0 Å². The number of hydrogen-bond acceptors (Lipinski definition) is 1. The summed E-state index contributed by atoms with van der Waals surface area (Å²) < 4.78 is 0. The van der Waals surface area contributed by atoms with Gasteiger partial charge in [0.05, 0.1) is 0 Å². The van der Waals surface area contributed by atoms with Crippen molar-refractivity contribution in [3.63, 3.8) is 0 Å². The molecular weight excluding hydrogens is 227 g/mol. The summed E-state index contributed by atoms with van der Waals surface area (Å²) in [6, 6.07) is 0. The van der Waals surface area contributed by atoms with Crippen LogP contribution in [0, 0.1) is 5.41 Å². The first-order valence-corrected chi connectivity index (χ1v) is 1.40. The number of nitrogens with one attached hydrogen (secondary N) is 1. The second-order valence-corrected chi connectivity index (χ2v) is 0.612. The van der Waals surface area contributed by atoms with Gasteiger partial charge < -0.3 is 5.41 Å². The van der Waals surface area contributed by atoms with Crippen LogP contribution in [0.25, 0.3) is 0 Å². The quantitative estimate of drug-likeness (QED) is 0.680. The number of hydrogen-bond donors (Lipinski definition) is 1. The highest BCUT2D eigenvalue weighted by atomic mass is 35.5. The van der Waals surface area contributed by atoms with E-state index in [1.165, 1.54) is 6.21 Å². The Morgan fingerprint density at radius 2 is 1.11 bits per heavy atom. The fourth-order valence-corrected chi connectivity index (χ4v) is 0. The Bertz CT molecular complexity index is 26.2. The van der Waals surface area contributed by atoms with Gasteiger partial charge >= 0.3 is 0 Å². The standard InChI is InChI=1S/C3H7N.5ClH/c1-2-3-4;;;;;/h3-4H,2H2,1H3;5*1H. The lowest BCUT2D eigenvalue weighted by molar-refractivity contribution is 1.30. The van der Waals surface area contributed by atoms with Gasteiger partial charge in [-0.1, -0.05) is 6.92 Å². The van der Waals surface area contributed by atoms with E-state index in [1.54, 1.807) is 0 Å². The van der Waals surface area contributed by atoms with Gasteiger partial charge in [-0.2, -0.15) is 0 Å². The summed E-state index contributed by atoms with van der Waals surface area (Å²) in [7, 11) is 0. The zero-order chi connectivity index (χ0) is 3.41. The van der Waals surface area contributed by atoms with Crippen molar-refractivity contribution >= 4 is 68.2 Å². The van der Waals surface area contributed by atoms with Gasteiger partial charge in [0, 0.05) is 0 Å². The molecule has 0 atom stereocenters. The summed E-state index contributed by atoms with van der Waals surface area (Å²) in [6.45, 7) is 1.94. The Hall–Kier alpha value is 1.12. The predicted octanol–water partition coefficient (Wildman–Crippen LogP) is 3.15. The lowest BCUT2D eigenvalue weighted by atomic mass is 10.6. The van der Waals surface area contributed by atoms with E-state index < -0.39 is 0 Å². The van der Waals surface area contributed by atoms with Crippen molar-refractivity contribution in [3.05, 3.63) is 0 Å². The molecule has 0 saturated heterocycles. The summed E-state index contributed by atoms with van der Waals surface area (Å²) in [5.74, 6) is 0. The number of rotatable bonds is 1. The summed E-state index contributed by atoms with van der Waals surface area (Å²) in [5.41, 5.74) is 0. The van der Waals surface area contributed by atoms with Crippen molar-refractivity contribution in [3.8, 4) is 0 Å². The van der Waals surface area contributed by atoms with Gasteiger partial charge in [0.1, 0.15) is 0 Å². The van der Waals surface area contributed by atoms with Crippen LogP contribution >= 0.6 is 62.0 Å². The number of halogens is 5. The van der Waals surface area contributed by atoms with Crippen LogP contribution in [0.2, 0.25) is 0 Å². The molecule has 0 aromatic rings. The van der Waals surface area contributed by atoms with Gasteiger partial charge in [-0.25, -0.2) is 0 Å². The molecule has 0 amide bonds. The van der Waals surface area contributed by atoms with Crippen molar-refractivity contribution in [1.29, 1.82) is 5.41 Å². The van der Waals surface area contributed by atoms with Crippen LogP contribution in [0.15, 0.2) is 0 Å². The van der Waals surface area contributed by atoms with E-state index in [4.69, 9.17) is 5.41 Å². The Labute approximate surface area is 86.9 Å². The van der Waals surface area contributed by atoms with Crippen LogP contribution in [0.4, 0.5) is 0 Å². The maximum atomic E-state index is 6.33. The lowest BCUT2D eigenvalue weighted by Gasteiger charge is -1.56. The minimum absolute atomic E-state index is 0. The summed E-state index contributed by atoms with van der Waals surface area (Å²) in [6.07, 6.45) is 2.24. The average molecular weight is 239 g/mol. The fourth-order valence-electron chi connectivity index (χ4n) is 0. The van der Waals surface area contributed by atoms with Crippen LogP contribution in [0.1, 0.15) is 13.3 Å². The second-order valence-electron chi connectivity index (χ2n) is 0.612. The molecule has 0 spiro atoms. The van der Waals surface area contributed by atoms with Crippen LogP contribution < -0.4 is 0 Å². The first-order valence-electron chi connectivity index (χ1n) is 1.40. The molecule has 0 radical (unpaired) electrons. The third-order valence-corrected chi connectivity index (χ3v) is 0.204. The third-order valence-electron chi connectivity index (χ3n) is 0.204. The molecule has 0 aromatic carbocycles. The van der Waals surface area contributed by atoms with Gasteiger partial charge in [-0.3, -0.25) is 0 Å². The van der Waals surface area contributed by atoms with E-state index in [1.807, 2.05) is 6.92 Å².